The Morgan fingerprint density at radius 3 is 2.64 bits per heavy atom. The average molecular weight is 200 g/mol. The van der Waals surface area contributed by atoms with Crippen LogP contribution in [0.25, 0.3) is 0 Å². The molecule has 14 heavy (non-hydrogen) atoms. The summed E-state index contributed by atoms with van der Waals surface area (Å²) < 4.78 is 5.00. The number of aliphatic hydroxyl groups is 2. The first-order valence-electron chi connectivity index (χ1n) is 4.82. The third-order valence-corrected chi connectivity index (χ3v) is 2.13. The summed E-state index contributed by atoms with van der Waals surface area (Å²) in [6, 6.07) is 0. The molecule has 0 saturated carbocycles. The fourth-order valence-corrected chi connectivity index (χ4v) is 1.33. The van der Waals surface area contributed by atoms with E-state index in [1.54, 1.807) is 6.92 Å². The minimum atomic E-state index is -0.859. The Morgan fingerprint density at radius 1 is 1.29 bits per heavy atom. The summed E-state index contributed by atoms with van der Waals surface area (Å²) in [7, 11) is 0. The average Bonchev–Trinajstić information content (AvgIpc) is 2.10. The van der Waals surface area contributed by atoms with Crippen LogP contribution in [0.4, 0.5) is 0 Å². The summed E-state index contributed by atoms with van der Waals surface area (Å²) in [5.41, 5.74) is 0. The molecular formula is C10H16O4. The van der Waals surface area contributed by atoms with Gasteiger partial charge in [0.15, 0.2) is 0 Å². The number of rotatable bonds is 0. The number of ether oxygens (including phenoxy) is 1. The van der Waals surface area contributed by atoms with Gasteiger partial charge in [0.25, 0.3) is 0 Å². The monoisotopic (exact) mass is 200 g/mol. The number of hydrogen-bond donors (Lipinski definition) is 2. The van der Waals surface area contributed by atoms with Gasteiger partial charge in [-0.25, -0.2) is 0 Å². The Morgan fingerprint density at radius 2 is 1.93 bits per heavy atom. The maximum Gasteiger partial charge on any atom is 0.309 e. The predicted octanol–water partition coefficient (Wildman–Crippen LogP) is 0.380. The largest absolute Gasteiger partial charge is 0.463 e. The SMILES string of the molecule is C[C@@H]1CC[C@H](O)/C=C/[C@H](O)CC(=O)O1. The highest BCUT2D eigenvalue weighted by Crippen LogP contribution is 2.10. The fraction of sp³-hybridized carbons (Fsp3) is 0.700. The molecule has 0 aromatic heterocycles. The second-order valence-corrected chi connectivity index (χ2v) is 3.60. The van der Waals surface area contributed by atoms with E-state index in [0.717, 1.165) is 0 Å². The quantitative estimate of drug-likeness (QED) is 0.438. The first kappa shape index (κ1) is 11.2. The first-order valence-corrected chi connectivity index (χ1v) is 4.82. The van der Waals surface area contributed by atoms with Crippen molar-refractivity contribution in [3.63, 3.8) is 0 Å². The summed E-state index contributed by atoms with van der Waals surface area (Å²) in [4.78, 5) is 11.1. The van der Waals surface area contributed by atoms with Crippen LogP contribution in [0, 0.1) is 0 Å². The van der Waals surface area contributed by atoms with Crippen molar-refractivity contribution in [2.24, 2.45) is 0 Å². The van der Waals surface area contributed by atoms with E-state index in [1.807, 2.05) is 0 Å². The van der Waals surface area contributed by atoms with E-state index in [-0.39, 0.29) is 12.5 Å². The van der Waals surface area contributed by atoms with Crippen LogP contribution in [0.1, 0.15) is 26.2 Å². The predicted molar refractivity (Wildman–Crippen MR) is 50.6 cm³/mol. The molecule has 1 aliphatic heterocycles. The molecule has 0 saturated heterocycles. The lowest BCUT2D eigenvalue weighted by atomic mass is 10.1. The molecule has 0 aliphatic carbocycles. The summed E-state index contributed by atoms with van der Waals surface area (Å²) in [6.07, 6.45) is 2.46. The van der Waals surface area contributed by atoms with Crippen molar-refractivity contribution in [3.05, 3.63) is 12.2 Å². The maximum atomic E-state index is 11.1. The van der Waals surface area contributed by atoms with Crippen LogP contribution in [0.2, 0.25) is 0 Å². The van der Waals surface area contributed by atoms with Gasteiger partial charge in [-0.15, -0.1) is 0 Å². The Labute approximate surface area is 83.2 Å². The molecule has 0 spiro atoms. The van der Waals surface area contributed by atoms with Crippen molar-refractivity contribution in [1.82, 2.24) is 0 Å². The van der Waals surface area contributed by atoms with Crippen molar-refractivity contribution in [3.8, 4) is 0 Å². The van der Waals surface area contributed by atoms with Crippen molar-refractivity contribution in [2.45, 2.75) is 44.5 Å². The molecule has 4 nitrogen and oxygen atoms in total. The normalized spacial score (nSPS) is 37.4. The van der Waals surface area contributed by atoms with Gasteiger partial charge in [-0.2, -0.15) is 0 Å². The van der Waals surface area contributed by atoms with E-state index in [1.165, 1.54) is 12.2 Å². The summed E-state index contributed by atoms with van der Waals surface area (Å²) in [5.74, 6) is -0.397. The molecule has 80 valence electrons. The van der Waals surface area contributed by atoms with Gasteiger partial charge in [-0.05, 0) is 19.8 Å². The van der Waals surface area contributed by atoms with Gasteiger partial charge in [0.2, 0.25) is 0 Å². The van der Waals surface area contributed by atoms with Crippen LogP contribution in [0.3, 0.4) is 0 Å². The molecule has 4 heteroatoms. The van der Waals surface area contributed by atoms with Crippen molar-refractivity contribution < 1.29 is 19.7 Å². The third-order valence-electron chi connectivity index (χ3n) is 2.13. The van der Waals surface area contributed by atoms with Gasteiger partial charge in [0.1, 0.15) is 0 Å². The Bertz CT molecular complexity index is 224. The number of esters is 1. The van der Waals surface area contributed by atoms with Crippen molar-refractivity contribution in [2.75, 3.05) is 0 Å². The van der Waals surface area contributed by atoms with Gasteiger partial charge >= 0.3 is 5.97 Å². The van der Waals surface area contributed by atoms with Crippen LogP contribution in [-0.2, 0) is 9.53 Å². The fourth-order valence-electron chi connectivity index (χ4n) is 1.33. The van der Waals surface area contributed by atoms with E-state index < -0.39 is 18.2 Å². The molecule has 1 aliphatic rings. The number of carbonyl (C=O) groups excluding carboxylic acids is 1. The molecule has 0 aromatic rings. The second kappa shape index (κ2) is 5.12. The summed E-state index contributed by atoms with van der Waals surface area (Å²) in [6.45, 7) is 1.78. The van der Waals surface area contributed by atoms with Crippen molar-refractivity contribution in [1.29, 1.82) is 0 Å². The van der Waals surface area contributed by atoms with E-state index in [4.69, 9.17) is 4.74 Å². The molecule has 0 aromatic carbocycles. The lowest BCUT2D eigenvalue weighted by Gasteiger charge is -2.17. The van der Waals surface area contributed by atoms with Crippen LogP contribution >= 0.6 is 0 Å². The second-order valence-electron chi connectivity index (χ2n) is 3.60. The van der Waals surface area contributed by atoms with Crippen molar-refractivity contribution >= 4 is 5.97 Å². The molecule has 1 heterocycles. The molecule has 3 atom stereocenters. The highest BCUT2D eigenvalue weighted by molar-refractivity contribution is 5.70. The molecule has 0 unspecified atom stereocenters. The third kappa shape index (κ3) is 3.89. The van der Waals surface area contributed by atoms with Crippen LogP contribution in [0.15, 0.2) is 12.2 Å². The minimum Gasteiger partial charge on any atom is -0.463 e. The lowest BCUT2D eigenvalue weighted by molar-refractivity contribution is -0.150. The van der Waals surface area contributed by atoms with Gasteiger partial charge in [0.05, 0.1) is 24.7 Å². The Hall–Kier alpha value is -0.870. The molecule has 0 fully saturated rings. The zero-order valence-corrected chi connectivity index (χ0v) is 8.22. The molecule has 0 amide bonds. The van der Waals surface area contributed by atoms with E-state index in [0.29, 0.717) is 12.8 Å². The zero-order chi connectivity index (χ0) is 10.6. The maximum absolute atomic E-state index is 11.1. The van der Waals surface area contributed by atoms with Gasteiger partial charge < -0.3 is 14.9 Å². The van der Waals surface area contributed by atoms with Crippen LogP contribution < -0.4 is 0 Å². The van der Waals surface area contributed by atoms with Gasteiger partial charge in [0, 0.05) is 0 Å². The molecular weight excluding hydrogens is 184 g/mol. The zero-order valence-electron chi connectivity index (χ0n) is 8.22. The van der Waals surface area contributed by atoms with Gasteiger partial charge in [-0.1, -0.05) is 12.2 Å². The number of hydrogen-bond acceptors (Lipinski definition) is 4. The standard InChI is InChI=1S/C10H16O4/c1-7-2-3-8(11)4-5-9(12)6-10(13)14-7/h4-5,7-9,11-12H,2-3,6H2,1H3/b5-4+/t7-,8+,9+/m1/s1. The van der Waals surface area contributed by atoms with E-state index in [2.05, 4.69) is 0 Å². The Balaban J connectivity index is 2.60. The smallest absolute Gasteiger partial charge is 0.309 e. The molecule has 0 bridgehead atoms. The number of carbonyl (C=O) groups is 1. The van der Waals surface area contributed by atoms with Crippen LogP contribution in [0.5, 0.6) is 0 Å². The molecule has 0 radical (unpaired) electrons. The summed E-state index contributed by atoms with van der Waals surface area (Å²) in [5, 5.41) is 18.7. The first-order chi connectivity index (χ1) is 6.58. The molecule has 2 N–H and O–H groups in total. The topological polar surface area (TPSA) is 66.8 Å². The highest BCUT2D eigenvalue weighted by atomic mass is 16.5. The van der Waals surface area contributed by atoms with Crippen LogP contribution in [-0.4, -0.2) is 34.5 Å². The number of cyclic esters (lactones) is 1. The van der Waals surface area contributed by atoms with E-state index in [9.17, 15) is 15.0 Å². The highest BCUT2D eigenvalue weighted by Gasteiger charge is 2.16. The minimum absolute atomic E-state index is 0.0481. The number of aliphatic hydroxyl groups excluding tert-OH is 2. The van der Waals surface area contributed by atoms with E-state index >= 15 is 0 Å². The Kier molecular flexibility index (Phi) is 4.10. The van der Waals surface area contributed by atoms with Gasteiger partial charge in [-0.3, -0.25) is 4.79 Å². The summed E-state index contributed by atoms with van der Waals surface area (Å²) >= 11 is 0. The lowest BCUT2D eigenvalue weighted by Crippen LogP contribution is -2.22. The molecule has 1 rings (SSSR count).